The number of hydrazone groups is 1. The van der Waals surface area contributed by atoms with E-state index in [2.05, 4.69) is 50.3 Å². The minimum atomic E-state index is -2.05. The van der Waals surface area contributed by atoms with Crippen molar-refractivity contribution in [1.82, 2.24) is 10.5 Å². The van der Waals surface area contributed by atoms with Crippen LogP contribution in [-0.2, 0) is 9.63 Å². The lowest BCUT2D eigenvalue weighted by molar-refractivity contribution is -0.608. The summed E-state index contributed by atoms with van der Waals surface area (Å²) in [5.41, 5.74) is 5.01. The zero-order chi connectivity index (χ0) is 24.8. The fourth-order valence-electron chi connectivity index (χ4n) is 6.55. The van der Waals surface area contributed by atoms with Crippen LogP contribution in [0.1, 0.15) is 84.6 Å². The number of nitrogens with zero attached hydrogens (tertiary/aromatic N) is 2. The molecular weight excluding hydrogens is 493 g/mol. The average molecular weight is 530 g/mol. The van der Waals surface area contributed by atoms with Gasteiger partial charge in [-0.1, -0.05) is 65.8 Å². The highest BCUT2D eigenvalue weighted by Gasteiger charge is 2.56. The van der Waals surface area contributed by atoms with Gasteiger partial charge in [0.1, 0.15) is 6.61 Å². The quantitative estimate of drug-likeness (QED) is 0.365. The average Bonchev–Trinajstić information content (AvgIpc) is 3.31. The second-order valence-corrected chi connectivity index (χ2v) is 13.7. The third-order valence-corrected chi connectivity index (χ3v) is 8.41. The van der Waals surface area contributed by atoms with E-state index in [0.717, 1.165) is 43.4 Å². The number of benzene rings is 1. The van der Waals surface area contributed by atoms with Crippen molar-refractivity contribution in [1.29, 1.82) is 0 Å². The van der Waals surface area contributed by atoms with Crippen molar-refractivity contribution in [3.8, 4) is 0 Å². The van der Waals surface area contributed by atoms with Gasteiger partial charge in [-0.2, -0.15) is 5.06 Å². The second-order valence-electron chi connectivity index (χ2n) is 11.4. The van der Waals surface area contributed by atoms with Crippen LogP contribution in [0.2, 0.25) is 0 Å². The molecule has 0 radical (unpaired) electrons. The van der Waals surface area contributed by atoms with Crippen LogP contribution in [0.5, 0.6) is 0 Å². The summed E-state index contributed by atoms with van der Waals surface area (Å²) >= 11 is 17.9. The number of hydrogen-bond acceptors (Lipinski definition) is 3. The van der Waals surface area contributed by atoms with Gasteiger partial charge in [0.05, 0.1) is 5.41 Å². The maximum atomic E-state index is 12.8. The second kappa shape index (κ2) is 9.55. The first kappa shape index (κ1) is 26.2. The van der Waals surface area contributed by atoms with Gasteiger partial charge in [-0.25, -0.2) is 0 Å². The van der Waals surface area contributed by atoms with Crippen molar-refractivity contribution in [2.24, 2.45) is 5.41 Å². The topological polar surface area (TPSA) is 44.6 Å². The Hall–Kier alpha value is -0.850. The Morgan fingerprint density at radius 3 is 2.18 bits per heavy atom. The van der Waals surface area contributed by atoms with Crippen molar-refractivity contribution in [2.45, 2.75) is 100.0 Å². The highest BCUT2D eigenvalue weighted by atomic mass is 35.6. The highest BCUT2D eigenvalue weighted by Crippen LogP contribution is 2.49. The Bertz CT molecular complexity index is 918. The molecule has 1 aromatic carbocycles. The molecule has 1 N–H and O–H groups in total. The number of halogens is 3. The van der Waals surface area contributed by atoms with Crippen molar-refractivity contribution in [2.75, 3.05) is 6.61 Å². The molecule has 2 aliphatic heterocycles. The van der Waals surface area contributed by atoms with Crippen molar-refractivity contribution in [3.63, 3.8) is 0 Å². The number of alkyl halides is 3. The first-order chi connectivity index (χ1) is 15.9. The van der Waals surface area contributed by atoms with Gasteiger partial charge in [0, 0.05) is 23.1 Å². The molecule has 1 spiro atoms. The zero-order valence-corrected chi connectivity index (χ0v) is 22.9. The summed E-state index contributed by atoms with van der Waals surface area (Å²) in [6.07, 6.45) is 8.74. The number of carbonyl (C=O) groups excluding carboxylic acids is 1. The van der Waals surface area contributed by atoms with Gasteiger partial charge < -0.3 is 0 Å². The molecule has 1 aromatic rings. The van der Waals surface area contributed by atoms with E-state index < -0.39 is 9.70 Å². The largest absolute Gasteiger partial charge is 0.325 e. The van der Waals surface area contributed by atoms with Crippen LogP contribution in [0, 0.1) is 5.41 Å². The molecule has 1 saturated heterocycles. The van der Waals surface area contributed by atoms with Gasteiger partial charge in [-0.05, 0) is 71.9 Å². The number of hydroxylamine groups is 2. The number of carbonyl (C=O) groups is 1. The van der Waals surface area contributed by atoms with Crippen LogP contribution in [0.15, 0.2) is 30.3 Å². The third-order valence-electron chi connectivity index (χ3n) is 7.89. The monoisotopic (exact) mass is 528 g/mol. The number of piperidine rings is 1. The number of hydrogen-bond donors (Lipinski definition) is 1. The number of amides is 1. The first-order valence-corrected chi connectivity index (χ1v) is 13.5. The smallest absolute Gasteiger partial charge is 0.291 e. The van der Waals surface area contributed by atoms with Gasteiger partial charge >= 0.3 is 5.91 Å². The van der Waals surface area contributed by atoms with E-state index in [1.54, 1.807) is 0 Å². The molecule has 1 saturated carbocycles. The molecule has 188 valence electrons. The molecule has 0 aromatic heterocycles. The van der Waals surface area contributed by atoms with Crippen LogP contribution in [-0.4, -0.2) is 48.9 Å². The summed E-state index contributed by atoms with van der Waals surface area (Å²) in [6.45, 7) is 9.41. The molecule has 1 atom stereocenters. The molecule has 2 fully saturated rings. The minimum absolute atomic E-state index is 0.0246. The fraction of sp³-hybridized carbons (Fsp3) is 0.692. The highest BCUT2D eigenvalue weighted by molar-refractivity contribution is 6.76. The Morgan fingerprint density at radius 1 is 1.03 bits per heavy atom. The predicted octanol–water partition coefficient (Wildman–Crippen LogP) is 6.20. The first-order valence-electron chi connectivity index (χ1n) is 12.4. The third kappa shape index (κ3) is 5.15. The lowest BCUT2D eigenvalue weighted by atomic mass is 9.76. The molecule has 4 rings (SSSR count). The molecule has 2 heterocycles. The zero-order valence-electron chi connectivity index (χ0n) is 20.7. The summed E-state index contributed by atoms with van der Waals surface area (Å²) in [5.74, 6) is -0.649. The van der Waals surface area contributed by atoms with Crippen LogP contribution >= 0.6 is 34.8 Å². The van der Waals surface area contributed by atoms with Crippen LogP contribution in [0.3, 0.4) is 0 Å². The Morgan fingerprint density at radius 2 is 1.62 bits per heavy atom. The van der Waals surface area contributed by atoms with Crippen molar-refractivity contribution < 1.29 is 14.3 Å². The van der Waals surface area contributed by atoms with E-state index in [-0.39, 0.29) is 22.5 Å². The van der Waals surface area contributed by atoms with E-state index >= 15 is 0 Å². The summed E-state index contributed by atoms with van der Waals surface area (Å²) in [4.78, 5) is 19.5. The van der Waals surface area contributed by atoms with Crippen LogP contribution in [0.25, 0.3) is 0 Å². The molecular formula is C26H37Cl3N3O2+. The fourth-order valence-corrected chi connectivity index (χ4v) is 6.68. The van der Waals surface area contributed by atoms with Crippen LogP contribution < -0.4 is 5.43 Å². The Labute approximate surface area is 218 Å². The van der Waals surface area contributed by atoms with Gasteiger partial charge in [0.2, 0.25) is 11.8 Å². The lowest BCUT2D eigenvalue weighted by Gasteiger charge is -2.51. The van der Waals surface area contributed by atoms with Gasteiger partial charge in [-0.3, -0.25) is 9.63 Å². The minimum Gasteiger partial charge on any atom is -0.291 e. The molecule has 1 aliphatic carbocycles. The molecule has 5 nitrogen and oxygen atoms in total. The standard InChI is InChI=1S/C26H36Cl3N3O2/c1-23(2)13-10-14-24(3,4)32(23)34-18-20-17-25(15-8-9-16-25)21(19-11-6-5-7-12-19)31(20)30-22(33)26(27,28)29/h5-7,11-12,20H,8-10,13-18H2,1-4H3/p+1. The van der Waals surface area contributed by atoms with E-state index in [1.165, 1.54) is 19.3 Å². The van der Waals surface area contributed by atoms with Crippen molar-refractivity contribution >= 4 is 46.4 Å². The molecule has 3 aliphatic rings. The van der Waals surface area contributed by atoms with Crippen molar-refractivity contribution in [3.05, 3.63) is 35.9 Å². The van der Waals surface area contributed by atoms with E-state index in [0.29, 0.717) is 6.61 Å². The number of nitrogens with one attached hydrogen (secondary N) is 1. The van der Waals surface area contributed by atoms with Crippen LogP contribution in [0.4, 0.5) is 0 Å². The van der Waals surface area contributed by atoms with E-state index in [1.807, 2.05) is 22.9 Å². The summed E-state index contributed by atoms with van der Waals surface area (Å²) in [7, 11) is 0. The SMILES string of the molecule is CC1(C)CCCC(C)(C)N1OCC1CC2(CCCC2)C(c2ccccc2)=[N+]1NC(=O)C(Cl)(Cl)Cl. The Balaban J connectivity index is 1.71. The molecule has 1 amide bonds. The van der Waals surface area contributed by atoms with Gasteiger partial charge in [-0.15, -0.1) is 10.1 Å². The molecule has 34 heavy (non-hydrogen) atoms. The molecule has 8 heteroatoms. The number of hydrazine groups is 1. The summed E-state index contributed by atoms with van der Waals surface area (Å²) in [6, 6.07) is 10.2. The number of rotatable bonds is 5. The Kier molecular flexibility index (Phi) is 7.37. The maximum Gasteiger partial charge on any atom is 0.325 e. The van der Waals surface area contributed by atoms with E-state index in [4.69, 9.17) is 39.6 Å². The lowest BCUT2D eigenvalue weighted by Crippen LogP contribution is -2.59. The van der Waals surface area contributed by atoms with Gasteiger partial charge in [0.15, 0.2) is 0 Å². The molecule has 0 bridgehead atoms. The predicted molar refractivity (Wildman–Crippen MR) is 138 cm³/mol. The van der Waals surface area contributed by atoms with E-state index in [9.17, 15) is 4.79 Å². The maximum absolute atomic E-state index is 12.8. The summed E-state index contributed by atoms with van der Waals surface area (Å²) in [5, 5.41) is 2.18. The summed E-state index contributed by atoms with van der Waals surface area (Å²) < 4.78 is -0.0929. The normalized spacial score (nSPS) is 26.3. The molecule has 1 unspecified atom stereocenters. The van der Waals surface area contributed by atoms with Gasteiger partial charge in [0.25, 0.3) is 3.79 Å².